The maximum atomic E-state index is 12.6. The van der Waals surface area contributed by atoms with Gasteiger partial charge in [0, 0.05) is 5.02 Å². The molecule has 6 heteroatoms. The zero-order valence-electron chi connectivity index (χ0n) is 8.27. The van der Waals surface area contributed by atoms with Gasteiger partial charge in [-0.05, 0) is 25.1 Å². The monoisotopic (exact) mass is 252 g/mol. The van der Waals surface area contributed by atoms with Crippen molar-refractivity contribution in [3.8, 4) is 0 Å². The van der Waals surface area contributed by atoms with E-state index in [1.54, 1.807) is 0 Å². The lowest BCUT2D eigenvalue weighted by Gasteiger charge is -2.12. The summed E-state index contributed by atoms with van der Waals surface area (Å²) in [6.45, 7) is 1.53. The highest BCUT2D eigenvalue weighted by Crippen LogP contribution is 2.34. The van der Waals surface area contributed by atoms with E-state index in [9.17, 15) is 18.0 Å². The lowest BCUT2D eigenvalue weighted by molar-refractivity contribution is -0.138. The molecule has 0 fully saturated rings. The Morgan fingerprint density at radius 3 is 2.56 bits per heavy atom. The van der Waals surface area contributed by atoms with Gasteiger partial charge in [0.15, 0.2) is 0 Å². The molecule has 2 nitrogen and oxygen atoms in total. The largest absolute Gasteiger partial charge is 0.462 e. The summed E-state index contributed by atoms with van der Waals surface area (Å²) >= 11 is 5.45. The molecule has 0 aliphatic rings. The van der Waals surface area contributed by atoms with Gasteiger partial charge in [0.2, 0.25) is 0 Å². The van der Waals surface area contributed by atoms with E-state index in [0.29, 0.717) is 6.07 Å². The van der Waals surface area contributed by atoms with E-state index in [1.807, 2.05) is 0 Å². The van der Waals surface area contributed by atoms with Crippen LogP contribution in [0.25, 0.3) is 0 Å². The molecule has 0 saturated carbocycles. The van der Waals surface area contributed by atoms with Crippen molar-refractivity contribution in [1.29, 1.82) is 0 Å². The van der Waals surface area contributed by atoms with Crippen molar-refractivity contribution in [2.24, 2.45) is 0 Å². The Morgan fingerprint density at radius 1 is 1.44 bits per heavy atom. The number of ether oxygens (including phenoxy) is 1. The molecule has 0 aliphatic carbocycles. The molecule has 1 rings (SSSR count). The number of benzene rings is 1. The highest BCUT2D eigenvalue weighted by atomic mass is 35.5. The Morgan fingerprint density at radius 2 is 2.06 bits per heavy atom. The number of hydrogen-bond acceptors (Lipinski definition) is 2. The molecule has 0 radical (unpaired) electrons. The van der Waals surface area contributed by atoms with E-state index in [0.717, 1.165) is 6.07 Å². The van der Waals surface area contributed by atoms with Crippen LogP contribution in [0.4, 0.5) is 13.2 Å². The molecular formula is C10H8ClF3O2. The Bertz CT molecular complexity index is 402. The van der Waals surface area contributed by atoms with Gasteiger partial charge in [0.05, 0.1) is 17.7 Å². The third-order valence-electron chi connectivity index (χ3n) is 1.78. The minimum Gasteiger partial charge on any atom is -0.462 e. The minimum absolute atomic E-state index is 0.0127. The summed E-state index contributed by atoms with van der Waals surface area (Å²) in [5, 5.41) is -0.0830. The van der Waals surface area contributed by atoms with Crippen LogP contribution in [0, 0.1) is 0 Å². The van der Waals surface area contributed by atoms with Gasteiger partial charge in [-0.3, -0.25) is 0 Å². The first kappa shape index (κ1) is 12.8. The SMILES string of the molecule is CCOC(=O)c1ccc(Cl)cc1C(F)(F)F. The van der Waals surface area contributed by atoms with Crippen molar-refractivity contribution in [3.63, 3.8) is 0 Å². The average molecular weight is 253 g/mol. The number of carbonyl (C=O) groups is 1. The van der Waals surface area contributed by atoms with Crippen LogP contribution in [0.3, 0.4) is 0 Å². The van der Waals surface area contributed by atoms with Crippen LogP contribution in [0.15, 0.2) is 18.2 Å². The first-order chi connectivity index (χ1) is 7.36. The number of esters is 1. The summed E-state index contributed by atoms with van der Waals surface area (Å²) in [6.07, 6.45) is -4.63. The second-order valence-corrected chi connectivity index (χ2v) is 3.34. The average Bonchev–Trinajstić information content (AvgIpc) is 2.16. The van der Waals surface area contributed by atoms with E-state index in [1.165, 1.54) is 13.0 Å². The second-order valence-electron chi connectivity index (χ2n) is 2.91. The van der Waals surface area contributed by atoms with Crippen LogP contribution in [0.1, 0.15) is 22.8 Å². The van der Waals surface area contributed by atoms with Crippen LogP contribution >= 0.6 is 11.6 Å². The molecule has 0 amide bonds. The zero-order valence-corrected chi connectivity index (χ0v) is 9.02. The predicted molar refractivity (Wildman–Crippen MR) is 52.4 cm³/mol. The summed E-state index contributed by atoms with van der Waals surface area (Å²) in [6, 6.07) is 2.92. The fourth-order valence-corrected chi connectivity index (χ4v) is 1.31. The van der Waals surface area contributed by atoms with Crippen molar-refractivity contribution in [2.75, 3.05) is 6.61 Å². The Hall–Kier alpha value is -1.23. The maximum absolute atomic E-state index is 12.6. The molecule has 0 aromatic heterocycles. The van der Waals surface area contributed by atoms with E-state index in [2.05, 4.69) is 4.74 Å². The highest BCUT2D eigenvalue weighted by Gasteiger charge is 2.35. The van der Waals surface area contributed by atoms with Crippen LogP contribution in [0.2, 0.25) is 5.02 Å². The van der Waals surface area contributed by atoms with Crippen LogP contribution in [0.5, 0.6) is 0 Å². The van der Waals surface area contributed by atoms with Gasteiger partial charge < -0.3 is 4.74 Å². The van der Waals surface area contributed by atoms with Crippen LogP contribution in [-0.2, 0) is 10.9 Å². The van der Waals surface area contributed by atoms with E-state index in [4.69, 9.17) is 11.6 Å². The van der Waals surface area contributed by atoms with Gasteiger partial charge in [-0.15, -0.1) is 0 Å². The van der Waals surface area contributed by atoms with Gasteiger partial charge in [0.25, 0.3) is 0 Å². The minimum atomic E-state index is -4.63. The lowest BCUT2D eigenvalue weighted by atomic mass is 10.1. The smallest absolute Gasteiger partial charge is 0.417 e. The number of alkyl halides is 3. The molecule has 0 aliphatic heterocycles. The zero-order chi connectivity index (χ0) is 12.3. The first-order valence-electron chi connectivity index (χ1n) is 4.40. The van der Waals surface area contributed by atoms with Gasteiger partial charge >= 0.3 is 12.1 Å². The first-order valence-corrected chi connectivity index (χ1v) is 4.78. The predicted octanol–water partition coefficient (Wildman–Crippen LogP) is 3.54. The highest BCUT2D eigenvalue weighted by molar-refractivity contribution is 6.30. The van der Waals surface area contributed by atoms with Crippen molar-refractivity contribution in [2.45, 2.75) is 13.1 Å². The third kappa shape index (κ3) is 2.88. The molecule has 1 aromatic carbocycles. The quantitative estimate of drug-likeness (QED) is 0.753. The molecule has 0 spiro atoms. The fraction of sp³-hybridized carbons (Fsp3) is 0.300. The van der Waals surface area contributed by atoms with Crippen LogP contribution in [-0.4, -0.2) is 12.6 Å². The second kappa shape index (κ2) is 4.74. The summed E-state index contributed by atoms with van der Waals surface area (Å²) < 4.78 is 42.2. The normalized spacial score (nSPS) is 11.3. The van der Waals surface area contributed by atoms with Crippen molar-refractivity contribution in [3.05, 3.63) is 34.3 Å². The van der Waals surface area contributed by atoms with Gasteiger partial charge in [-0.1, -0.05) is 11.6 Å². The Balaban J connectivity index is 3.23. The van der Waals surface area contributed by atoms with E-state index in [-0.39, 0.29) is 11.6 Å². The Kier molecular flexibility index (Phi) is 3.80. The third-order valence-corrected chi connectivity index (χ3v) is 2.02. The molecule has 88 valence electrons. The number of carbonyl (C=O) groups excluding carboxylic acids is 1. The topological polar surface area (TPSA) is 26.3 Å². The maximum Gasteiger partial charge on any atom is 0.417 e. The lowest BCUT2D eigenvalue weighted by Crippen LogP contribution is -2.15. The van der Waals surface area contributed by atoms with E-state index < -0.39 is 23.3 Å². The van der Waals surface area contributed by atoms with Gasteiger partial charge in [-0.25, -0.2) is 4.79 Å². The van der Waals surface area contributed by atoms with E-state index >= 15 is 0 Å². The van der Waals surface area contributed by atoms with Crippen molar-refractivity contribution >= 4 is 17.6 Å². The Labute approximate surface area is 95.0 Å². The van der Waals surface area contributed by atoms with Crippen molar-refractivity contribution < 1.29 is 22.7 Å². The molecule has 16 heavy (non-hydrogen) atoms. The standard InChI is InChI=1S/C10H8ClF3O2/c1-2-16-9(15)7-4-3-6(11)5-8(7)10(12,13)14/h3-5H,2H2,1H3. The molecule has 0 bridgehead atoms. The summed E-state index contributed by atoms with van der Waals surface area (Å²) in [5.41, 5.74) is -1.61. The van der Waals surface area contributed by atoms with Crippen molar-refractivity contribution in [1.82, 2.24) is 0 Å². The summed E-state index contributed by atoms with van der Waals surface area (Å²) in [4.78, 5) is 11.3. The molecule has 0 N–H and O–H groups in total. The van der Waals surface area contributed by atoms with Crippen LogP contribution < -0.4 is 0 Å². The number of rotatable bonds is 2. The summed E-state index contributed by atoms with van der Waals surface area (Å²) in [7, 11) is 0. The number of hydrogen-bond donors (Lipinski definition) is 0. The molecule has 0 saturated heterocycles. The van der Waals surface area contributed by atoms with Gasteiger partial charge in [0.1, 0.15) is 0 Å². The summed E-state index contributed by atoms with van der Waals surface area (Å²) in [5.74, 6) is -1.01. The molecule has 0 atom stereocenters. The fourth-order valence-electron chi connectivity index (χ4n) is 1.14. The molecule has 0 unspecified atom stereocenters. The molecule has 0 heterocycles. The molecule has 1 aromatic rings. The van der Waals surface area contributed by atoms with Gasteiger partial charge in [-0.2, -0.15) is 13.2 Å². The molecular weight excluding hydrogens is 245 g/mol. The number of halogens is 4.